The normalized spacial score (nSPS) is 14.7. The second-order valence-electron chi connectivity index (χ2n) is 2.77. The van der Waals surface area contributed by atoms with Crippen molar-refractivity contribution in [2.75, 3.05) is 5.90 Å². The Morgan fingerprint density at radius 1 is 1.06 bits per heavy atom. The van der Waals surface area contributed by atoms with Gasteiger partial charge in [-0.25, -0.2) is 0 Å². The van der Waals surface area contributed by atoms with Crippen LogP contribution in [0.2, 0.25) is 0 Å². The molecule has 6 nitrogen and oxygen atoms in total. The molecule has 0 fully saturated rings. The van der Waals surface area contributed by atoms with Crippen LogP contribution in [-0.4, -0.2) is 5.90 Å². The monoisotopic (exact) mass is 305 g/mol. The first-order valence-corrected chi connectivity index (χ1v) is 7.30. The summed E-state index contributed by atoms with van der Waals surface area (Å²) in [6, 6.07) is 7.34. The van der Waals surface area contributed by atoms with Gasteiger partial charge in [0.1, 0.15) is 5.75 Å². The van der Waals surface area contributed by atoms with E-state index in [0.29, 0.717) is 0 Å². The van der Waals surface area contributed by atoms with Crippen LogP contribution in [0.5, 0.6) is 5.75 Å². The minimum absolute atomic E-state index is 0. The van der Waals surface area contributed by atoms with E-state index in [1.54, 1.807) is 6.07 Å². The van der Waals surface area contributed by atoms with Crippen LogP contribution >= 0.6 is 15.2 Å². The topological polar surface area (TPSA) is 113 Å². The maximum Gasteiger partial charge on any atom is 3.00 e. The third kappa shape index (κ3) is 6.46. The van der Waals surface area contributed by atoms with Crippen LogP contribution < -0.4 is 19.2 Å². The van der Waals surface area contributed by atoms with E-state index in [1.807, 2.05) is 0 Å². The van der Waals surface area contributed by atoms with Crippen molar-refractivity contribution in [2.24, 2.45) is 0 Å². The number of hydrogen-bond donors (Lipinski definition) is 0. The van der Waals surface area contributed by atoms with Gasteiger partial charge in [0.15, 0.2) is 7.60 Å². The number of benzene rings is 1. The number of rotatable bonds is 4. The molecule has 0 saturated heterocycles. The maximum atomic E-state index is 11.0. The Bertz CT molecular complexity index is 416. The second-order valence-corrected chi connectivity index (χ2v) is 6.53. The molecule has 0 saturated carbocycles. The fourth-order valence-electron chi connectivity index (χ4n) is 0.883. The summed E-state index contributed by atoms with van der Waals surface area (Å²) in [6.45, 7) is 0. The van der Waals surface area contributed by atoms with Crippen LogP contribution in [0.25, 0.3) is 0 Å². The Hall–Kier alpha value is -0.121. The minimum Gasteiger partial charge on any atom is -0.810 e. The molecule has 0 aliphatic heterocycles. The SMILES string of the molecule is O=P([O-])([O-])CP(=O)([O-])Oc1ccccc1.[Fe+3]. The molecule has 1 rings (SSSR count). The summed E-state index contributed by atoms with van der Waals surface area (Å²) in [4.78, 5) is 31.6. The molecule has 0 aliphatic carbocycles. The number of para-hydroxylation sites is 1. The second kappa shape index (κ2) is 5.99. The summed E-state index contributed by atoms with van der Waals surface area (Å²) in [5, 5.41) is 0. The van der Waals surface area contributed by atoms with E-state index < -0.39 is 21.1 Å². The van der Waals surface area contributed by atoms with E-state index in [1.165, 1.54) is 24.3 Å². The van der Waals surface area contributed by atoms with Crippen molar-refractivity contribution < 1.29 is 45.4 Å². The van der Waals surface area contributed by atoms with E-state index in [9.17, 15) is 23.8 Å². The van der Waals surface area contributed by atoms with Crippen LogP contribution in [0.1, 0.15) is 0 Å². The molecule has 0 bridgehead atoms. The van der Waals surface area contributed by atoms with Crippen LogP contribution in [0, 0.1) is 0 Å². The first-order valence-electron chi connectivity index (χ1n) is 3.84. The van der Waals surface area contributed by atoms with E-state index in [-0.39, 0.29) is 22.8 Å². The summed E-state index contributed by atoms with van der Waals surface area (Å²) in [7, 11) is -9.80. The third-order valence-electron chi connectivity index (χ3n) is 1.33. The molecule has 0 N–H and O–H groups in total. The van der Waals surface area contributed by atoms with Gasteiger partial charge in [0.2, 0.25) is 0 Å². The molecule has 16 heavy (non-hydrogen) atoms. The molecule has 0 aromatic heterocycles. The fourth-order valence-corrected chi connectivity index (χ4v) is 3.25. The van der Waals surface area contributed by atoms with Crippen LogP contribution in [0.4, 0.5) is 0 Å². The van der Waals surface area contributed by atoms with Gasteiger partial charge in [0.25, 0.3) is 0 Å². The van der Waals surface area contributed by atoms with Crippen molar-refractivity contribution in [3.63, 3.8) is 0 Å². The van der Waals surface area contributed by atoms with Crippen molar-refractivity contribution in [2.45, 2.75) is 0 Å². The third-order valence-corrected chi connectivity index (χ3v) is 4.59. The average molecular weight is 305 g/mol. The summed E-state index contributed by atoms with van der Waals surface area (Å²) in [6.07, 6.45) is 0. The zero-order valence-corrected chi connectivity index (χ0v) is 10.7. The van der Waals surface area contributed by atoms with Crippen LogP contribution in [0.3, 0.4) is 0 Å². The number of hydrogen-bond acceptors (Lipinski definition) is 6. The van der Waals surface area contributed by atoms with Gasteiger partial charge < -0.3 is 23.8 Å². The molecule has 0 spiro atoms. The largest absolute Gasteiger partial charge is 3.00 e. The van der Waals surface area contributed by atoms with E-state index in [0.717, 1.165) is 0 Å². The molecule has 0 amide bonds. The molecule has 9 heteroatoms. The molecule has 1 atom stereocenters. The molecule has 1 radical (unpaired) electrons. The first kappa shape index (κ1) is 15.9. The van der Waals surface area contributed by atoms with Gasteiger partial charge in [0, 0.05) is 0 Å². The quantitative estimate of drug-likeness (QED) is 0.547. The summed E-state index contributed by atoms with van der Waals surface area (Å²) >= 11 is 0. The van der Waals surface area contributed by atoms with Gasteiger partial charge in [-0.15, -0.1) is 0 Å². The van der Waals surface area contributed by atoms with Crippen molar-refractivity contribution >= 4 is 15.2 Å². The van der Waals surface area contributed by atoms with Crippen molar-refractivity contribution in [3.8, 4) is 5.75 Å². The van der Waals surface area contributed by atoms with Gasteiger partial charge in [-0.05, 0) is 12.1 Å². The van der Waals surface area contributed by atoms with E-state index in [4.69, 9.17) is 0 Å². The maximum absolute atomic E-state index is 11.0. The standard InChI is InChI=1S/C7H10O6P2.Fe/c8-14(9,10)6-15(11,12)13-7-4-2-1-3-5-7;/h1-5H,6H2,(H,11,12)(H2,8,9,10);/q;+3/p-3. The molecule has 0 aliphatic rings. The van der Waals surface area contributed by atoms with Gasteiger partial charge in [-0.1, -0.05) is 25.8 Å². The Kier molecular flexibility index (Phi) is 5.94. The van der Waals surface area contributed by atoms with Crippen LogP contribution in [-0.2, 0) is 26.2 Å². The smallest absolute Gasteiger partial charge is 0.810 e. The first-order chi connectivity index (χ1) is 6.79. The zero-order valence-electron chi connectivity index (χ0n) is 7.79. The van der Waals surface area contributed by atoms with Crippen molar-refractivity contribution in [1.82, 2.24) is 0 Å². The van der Waals surface area contributed by atoms with Crippen molar-refractivity contribution in [3.05, 3.63) is 30.3 Å². The zero-order chi connectivity index (χ0) is 11.5. The Morgan fingerprint density at radius 2 is 1.56 bits per heavy atom. The van der Waals surface area contributed by atoms with Gasteiger partial charge in [-0.2, -0.15) is 0 Å². The summed E-state index contributed by atoms with van der Waals surface area (Å²) in [5.74, 6) is -1.54. The molecule has 1 aromatic carbocycles. The van der Waals surface area contributed by atoms with Gasteiger partial charge in [-0.3, -0.25) is 4.57 Å². The Balaban J connectivity index is 0.00000225. The van der Waals surface area contributed by atoms with Crippen LogP contribution in [0.15, 0.2) is 30.3 Å². The fraction of sp³-hybridized carbons (Fsp3) is 0.143. The summed E-state index contributed by atoms with van der Waals surface area (Å²) < 4.78 is 25.7. The van der Waals surface area contributed by atoms with Crippen molar-refractivity contribution in [1.29, 1.82) is 0 Å². The molecule has 1 aromatic rings. The minimum atomic E-state index is -5.12. The molecular weight excluding hydrogens is 298 g/mol. The van der Waals surface area contributed by atoms with Gasteiger partial charge in [0.05, 0.1) is 5.90 Å². The predicted molar refractivity (Wildman–Crippen MR) is 47.2 cm³/mol. The van der Waals surface area contributed by atoms with E-state index in [2.05, 4.69) is 4.52 Å². The Morgan fingerprint density at radius 3 is 2.00 bits per heavy atom. The molecule has 1 unspecified atom stereocenters. The Labute approximate surface area is 103 Å². The predicted octanol–water partition coefficient (Wildman–Crippen LogP) is -0.513. The average Bonchev–Trinajstić information content (AvgIpc) is 1.99. The summed E-state index contributed by atoms with van der Waals surface area (Å²) in [5.41, 5.74) is 0. The van der Waals surface area contributed by atoms with Gasteiger partial charge >= 0.3 is 17.1 Å². The van der Waals surface area contributed by atoms with E-state index >= 15 is 0 Å². The molecule has 0 heterocycles. The molecule has 89 valence electrons. The molecular formula is C7H7FeO6P2.